The Bertz CT molecular complexity index is 378. The Morgan fingerprint density at radius 2 is 2.29 bits per heavy atom. The number of rotatable bonds is 3. The zero-order valence-corrected chi connectivity index (χ0v) is 11.0. The third kappa shape index (κ3) is 2.54. The van der Waals surface area contributed by atoms with Gasteiger partial charge in [0.05, 0.1) is 11.4 Å². The van der Waals surface area contributed by atoms with Crippen molar-refractivity contribution in [2.24, 2.45) is 7.05 Å². The molecule has 0 spiro atoms. The number of nitrogens with one attached hydrogen (secondary N) is 2. The second kappa shape index (κ2) is 4.96. The van der Waals surface area contributed by atoms with E-state index < -0.39 is 0 Å². The molecule has 0 amide bonds. The van der Waals surface area contributed by atoms with Crippen LogP contribution in [0.5, 0.6) is 0 Å². The van der Waals surface area contributed by atoms with E-state index in [1.165, 1.54) is 19.3 Å². The lowest BCUT2D eigenvalue weighted by Gasteiger charge is -2.30. The highest BCUT2D eigenvalue weighted by atomic mass is 15.3. The van der Waals surface area contributed by atoms with Crippen LogP contribution in [0.3, 0.4) is 0 Å². The molecule has 1 fully saturated rings. The highest BCUT2D eigenvalue weighted by Crippen LogP contribution is 2.23. The van der Waals surface area contributed by atoms with Gasteiger partial charge in [-0.25, -0.2) is 0 Å². The molecular weight excluding hydrogens is 214 g/mol. The summed E-state index contributed by atoms with van der Waals surface area (Å²) >= 11 is 0. The first-order valence-electron chi connectivity index (χ1n) is 6.38. The second-order valence-corrected chi connectivity index (χ2v) is 4.96. The lowest BCUT2D eigenvalue weighted by Crippen LogP contribution is -2.45. The number of nitrogens with two attached hydrogens (primary N) is 1. The van der Waals surface area contributed by atoms with E-state index >= 15 is 0 Å². The molecule has 1 aliphatic heterocycles. The Morgan fingerprint density at radius 1 is 1.53 bits per heavy atom. The van der Waals surface area contributed by atoms with Crippen LogP contribution >= 0.6 is 0 Å². The fraction of sp³-hybridized carbons (Fsp3) is 0.750. The smallest absolute Gasteiger partial charge is 0.148 e. The van der Waals surface area contributed by atoms with Gasteiger partial charge in [0.25, 0.3) is 0 Å². The summed E-state index contributed by atoms with van der Waals surface area (Å²) < 4.78 is 1.82. The van der Waals surface area contributed by atoms with Crippen molar-refractivity contribution in [3.8, 4) is 0 Å². The molecule has 0 aliphatic carbocycles. The SMILES string of the molecule is Cc1nn(C)c(NC(C)C2CCCCN2)c1N. The Labute approximate surface area is 103 Å². The molecule has 0 saturated carbocycles. The van der Waals surface area contributed by atoms with Crippen molar-refractivity contribution in [1.82, 2.24) is 15.1 Å². The molecule has 0 bridgehead atoms. The molecule has 5 nitrogen and oxygen atoms in total. The summed E-state index contributed by atoms with van der Waals surface area (Å²) in [6.07, 6.45) is 3.82. The molecule has 5 heteroatoms. The van der Waals surface area contributed by atoms with Gasteiger partial charge >= 0.3 is 0 Å². The first kappa shape index (κ1) is 12.2. The minimum atomic E-state index is 0.368. The molecule has 1 saturated heterocycles. The van der Waals surface area contributed by atoms with Crippen LogP contribution in [0.15, 0.2) is 0 Å². The minimum absolute atomic E-state index is 0.368. The van der Waals surface area contributed by atoms with Gasteiger partial charge in [-0.1, -0.05) is 6.42 Å². The van der Waals surface area contributed by atoms with Crippen molar-refractivity contribution in [2.75, 3.05) is 17.6 Å². The van der Waals surface area contributed by atoms with Gasteiger partial charge in [-0.2, -0.15) is 5.10 Å². The summed E-state index contributed by atoms with van der Waals surface area (Å²) in [6.45, 7) is 5.26. The predicted molar refractivity (Wildman–Crippen MR) is 71.1 cm³/mol. The van der Waals surface area contributed by atoms with Gasteiger partial charge in [0.1, 0.15) is 5.82 Å². The van der Waals surface area contributed by atoms with Crippen LogP contribution < -0.4 is 16.4 Å². The van der Waals surface area contributed by atoms with Crippen LogP contribution in [0.2, 0.25) is 0 Å². The molecule has 17 heavy (non-hydrogen) atoms. The van der Waals surface area contributed by atoms with E-state index in [4.69, 9.17) is 5.73 Å². The maximum Gasteiger partial charge on any atom is 0.148 e. The Hall–Kier alpha value is -1.23. The number of hydrogen-bond donors (Lipinski definition) is 3. The maximum atomic E-state index is 6.02. The van der Waals surface area contributed by atoms with E-state index in [0.717, 1.165) is 23.7 Å². The van der Waals surface area contributed by atoms with Gasteiger partial charge in [0.15, 0.2) is 0 Å². The third-order valence-electron chi connectivity index (χ3n) is 3.58. The lowest BCUT2D eigenvalue weighted by molar-refractivity contribution is 0.371. The van der Waals surface area contributed by atoms with E-state index in [0.29, 0.717) is 12.1 Å². The number of piperidine rings is 1. The molecule has 2 atom stereocenters. The number of hydrogen-bond acceptors (Lipinski definition) is 4. The van der Waals surface area contributed by atoms with Gasteiger partial charge in [-0.05, 0) is 33.2 Å². The highest BCUT2D eigenvalue weighted by Gasteiger charge is 2.21. The second-order valence-electron chi connectivity index (χ2n) is 4.96. The summed E-state index contributed by atoms with van der Waals surface area (Å²) in [6, 6.07) is 0.894. The summed E-state index contributed by atoms with van der Waals surface area (Å²) in [5.41, 5.74) is 7.66. The van der Waals surface area contributed by atoms with Crippen LogP contribution in [-0.4, -0.2) is 28.4 Å². The van der Waals surface area contributed by atoms with Crippen LogP contribution in [0, 0.1) is 6.92 Å². The average Bonchev–Trinajstić information content (AvgIpc) is 2.57. The maximum absolute atomic E-state index is 6.02. The van der Waals surface area contributed by atoms with Gasteiger partial charge < -0.3 is 16.4 Å². The van der Waals surface area contributed by atoms with E-state index in [-0.39, 0.29) is 0 Å². The van der Waals surface area contributed by atoms with E-state index in [1.807, 2.05) is 18.7 Å². The summed E-state index contributed by atoms with van der Waals surface area (Å²) in [7, 11) is 1.92. The van der Waals surface area contributed by atoms with Crippen molar-refractivity contribution in [1.29, 1.82) is 0 Å². The molecule has 0 aromatic carbocycles. The fourth-order valence-corrected chi connectivity index (χ4v) is 2.47. The van der Waals surface area contributed by atoms with Crippen LogP contribution in [0.25, 0.3) is 0 Å². The van der Waals surface area contributed by atoms with Gasteiger partial charge in [-0.3, -0.25) is 4.68 Å². The van der Waals surface area contributed by atoms with Crippen molar-refractivity contribution in [2.45, 2.75) is 45.2 Å². The number of nitrogen functional groups attached to an aromatic ring is 1. The Balaban J connectivity index is 2.04. The molecule has 1 aromatic heterocycles. The van der Waals surface area contributed by atoms with Crippen LogP contribution in [0.4, 0.5) is 11.5 Å². The van der Waals surface area contributed by atoms with Crippen molar-refractivity contribution < 1.29 is 0 Å². The summed E-state index contributed by atoms with van der Waals surface area (Å²) in [4.78, 5) is 0. The topological polar surface area (TPSA) is 67.9 Å². The molecule has 1 aliphatic rings. The first-order chi connectivity index (χ1) is 8.09. The molecular formula is C12H23N5. The highest BCUT2D eigenvalue weighted by molar-refractivity contribution is 5.65. The van der Waals surface area contributed by atoms with Gasteiger partial charge in [0.2, 0.25) is 0 Å². The normalized spacial score (nSPS) is 22.4. The minimum Gasteiger partial charge on any atom is -0.394 e. The average molecular weight is 237 g/mol. The third-order valence-corrected chi connectivity index (χ3v) is 3.58. The Morgan fingerprint density at radius 3 is 2.82 bits per heavy atom. The number of anilines is 2. The van der Waals surface area contributed by atoms with Gasteiger partial charge in [0, 0.05) is 19.1 Å². The molecule has 2 unspecified atom stereocenters. The standard InChI is InChI=1S/C12H23N5/c1-8(10-6-4-5-7-14-10)15-12-11(13)9(2)16-17(12)3/h8,10,14-15H,4-7,13H2,1-3H3. The zero-order valence-electron chi connectivity index (χ0n) is 11.0. The predicted octanol–water partition coefficient (Wildman–Crippen LogP) is 1.25. The lowest BCUT2D eigenvalue weighted by atomic mass is 9.99. The quantitative estimate of drug-likeness (QED) is 0.740. The molecule has 2 rings (SSSR count). The van der Waals surface area contributed by atoms with Gasteiger partial charge in [-0.15, -0.1) is 0 Å². The summed E-state index contributed by atoms with van der Waals surface area (Å²) in [5.74, 6) is 0.933. The Kier molecular flexibility index (Phi) is 3.57. The van der Waals surface area contributed by atoms with Crippen LogP contribution in [0.1, 0.15) is 31.9 Å². The number of nitrogens with zero attached hydrogens (tertiary/aromatic N) is 2. The van der Waals surface area contributed by atoms with E-state index in [1.54, 1.807) is 0 Å². The zero-order chi connectivity index (χ0) is 12.4. The van der Waals surface area contributed by atoms with E-state index in [9.17, 15) is 0 Å². The molecule has 1 aromatic rings. The largest absolute Gasteiger partial charge is 0.394 e. The molecule has 0 radical (unpaired) electrons. The molecule has 4 N–H and O–H groups in total. The van der Waals surface area contributed by atoms with Crippen molar-refractivity contribution >= 4 is 11.5 Å². The monoisotopic (exact) mass is 237 g/mol. The number of aromatic nitrogens is 2. The van der Waals surface area contributed by atoms with Crippen molar-refractivity contribution in [3.63, 3.8) is 0 Å². The molecule has 2 heterocycles. The van der Waals surface area contributed by atoms with E-state index in [2.05, 4.69) is 22.7 Å². The summed E-state index contributed by atoms with van der Waals surface area (Å²) in [5, 5.41) is 11.4. The first-order valence-corrected chi connectivity index (χ1v) is 6.38. The molecule has 96 valence electrons. The van der Waals surface area contributed by atoms with Crippen LogP contribution in [-0.2, 0) is 7.05 Å². The fourth-order valence-electron chi connectivity index (χ4n) is 2.47. The van der Waals surface area contributed by atoms with Crippen molar-refractivity contribution in [3.05, 3.63) is 5.69 Å². The number of aryl methyl sites for hydroxylation is 2.